The summed E-state index contributed by atoms with van der Waals surface area (Å²) < 4.78 is 1.98. The van der Waals surface area contributed by atoms with Crippen LogP contribution in [0.5, 0.6) is 0 Å². The minimum Gasteiger partial charge on any atom is -0.305 e. The summed E-state index contributed by atoms with van der Waals surface area (Å²) in [5.74, 6) is 0. The second-order valence-corrected chi connectivity index (χ2v) is 5.84. The fourth-order valence-corrected chi connectivity index (χ4v) is 2.50. The van der Waals surface area contributed by atoms with E-state index in [1.165, 1.54) is 5.56 Å². The number of aromatic nitrogens is 1. The molecule has 0 bridgehead atoms. The number of hydrogen-bond donors (Lipinski definition) is 1. The molecule has 2 aromatic rings. The Morgan fingerprint density at radius 2 is 1.94 bits per heavy atom. The van der Waals surface area contributed by atoms with Gasteiger partial charge in [0.1, 0.15) is 4.60 Å². The fourth-order valence-electron chi connectivity index (χ4n) is 1.70. The standard InChI is InChI=1S/C14H14Br2N2/c1-10(11-4-2-5-12(15)8-11)17-9-13-6-3-7-14(16)18-13/h2-8,10,17H,9H2,1H3. The van der Waals surface area contributed by atoms with E-state index in [0.717, 1.165) is 21.3 Å². The summed E-state index contributed by atoms with van der Waals surface area (Å²) in [5, 5.41) is 3.47. The van der Waals surface area contributed by atoms with E-state index in [1.807, 2.05) is 24.3 Å². The molecule has 0 saturated heterocycles. The lowest BCUT2D eigenvalue weighted by Crippen LogP contribution is -2.18. The molecule has 0 saturated carbocycles. The Hall–Kier alpha value is -0.710. The van der Waals surface area contributed by atoms with Gasteiger partial charge in [0.15, 0.2) is 0 Å². The zero-order chi connectivity index (χ0) is 13.0. The van der Waals surface area contributed by atoms with Crippen molar-refractivity contribution in [2.75, 3.05) is 0 Å². The van der Waals surface area contributed by atoms with Crippen LogP contribution in [0.15, 0.2) is 51.5 Å². The van der Waals surface area contributed by atoms with Gasteiger partial charge in [0, 0.05) is 17.1 Å². The summed E-state index contributed by atoms with van der Waals surface area (Å²) in [6.07, 6.45) is 0. The predicted molar refractivity (Wildman–Crippen MR) is 81.3 cm³/mol. The normalized spacial score (nSPS) is 12.4. The second kappa shape index (κ2) is 6.45. The van der Waals surface area contributed by atoms with Crippen LogP contribution in [0.2, 0.25) is 0 Å². The minimum absolute atomic E-state index is 0.295. The third-order valence-electron chi connectivity index (χ3n) is 2.71. The molecule has 1 unspecified atom stereocenters. The van der Waals surface area contributed by atoms with Crippen LogP contribution in [0, 0.1) is 0 Å². The van der Waals surface area contributed by atoms with Gasteiger partial charge in [0.05, 0.1) is 5.69 Å². The van der Waals surface area contributed by atoms with E-state index < -0.39 is 0 Å². The highest BCUT2D eigenvalue weighted by atomic mass is 79.9. The van der Waals surface area contributed by atoms with Crippen LogP contribution in [0.3, 0.4) is 0 Å². The number of pyridine rings is 1. The molecule has 1 N–H and O–H groups in total. The van der Waals surface area contributed by atoms with Gasteiger partial charge >= 0.3 is 0 Å². The molecule has 0 radical (unpaired) electrons. The van der Waals surface area contributed by atoms with Crippen molar-refractivity contribution in [3.63, 3.8) is 0 Å². The molecule has 0 aliphatic carbocycles. The highest BCUT2D eigenvalue weighted by molar-refractivity contribution is 9.10. The van der Waals surface area contributed by atoms with Gasteiger partial charge < -0.3 is 5.32 Å². The lowest BCUT2D eigenvalue weighted by Gasteiger charge is -2.14. The molecular weight excluding hydrogens is 356 g/mol. The summed E-state index contributed by atoms with van der Waals surface area (Å²) in [5.41, 5.74) is 2.30. The van der Waals surface area contributed by atoms with Crippen molar-refractivity contribution < 1.29 is 0 Å². The van der Waals surface area contributed by atoms with E-state index in [-0.39, 0.29) is 0 Å². The van der Waals surface area contributed by atoms with Crippen molar-refractivity contribution >= 4 is 31.9 Å². The van der Waals surface area contributed by atoms with Crippen LogP contribution < -0.4 is 5.32 Å². The first-order valence-corrected chi connectivity index (χ1v) is 7.34. The molecule has 2 nitrogen and oxygen atoms in total. The van der Waals surface area contributed by atoms with Crippen molar-refractivity contribution in [1.29, 1.82) is 0 Å². The second-order valence-electron chi connectivity index (χ2n) is 4.11. The zero-order valence-corrected chi connectivity index (χ0v) is 13.2. The number of hydrogen-bond acceptors (Lipinski definition) is 2. The Morgan fingerprint density at radius 3 is 2.67 bits per heavy atom. The highest BCUT2D eigenvalue weighted by Gasteiger charge is 2.05. The summed E-state index contributed by atoms with van der Waals surface area (Å²) in [4.78, 5) is 4.40. The molecule has 18 heavy (non-hydrogen) atoms. The quantitative estimate of drug-likeness (QED) is 0.805. The summed E-state index contributed by atoms with van der Waals surface area (Å²) in [6.45, 7) is 2.91. The Kier molecular flexibility index (Phi) is 4.92. The summed E-state index contributed by atoms with van der Waals surface area (Å²) >= 11 is 6.87. The van der Waals surface area contributed by atoms with E-state index in [1.54, 1.807) is 0 Å². The van der Waals surface area contributed by atoms with E-state index in [0.29, 0.717) is 6.04 Å². The first-order chi connectivity index (χ1) is 8.65. The van der Waals surface area contributed by atoms with E-state index >= 15 is 0 Å². The van der Waals surface area contributed by atoms with Crippen molar-refractivity contribution in [3.8, 4) is 0 Å². The Morgan fingerprint density at radius 1 is 1.17 bits per heavy atom. The molecular formula is C14H14Br2N2. The van der Waals surface area contributed by atoms with Gasteiger partial charge in [0.25, 0.3) is 0 Å². The number of nitrogens with zero attached hydrogens (tertiary/aromatic N) is 1. The maximum Gasteiger partial charge on any atom is 0.106 e. The number of rotatable bonds is 4. The Balaban J connectivity index is 1.98. The largest absolute Gasteiger partial charge is 0.305 e. The van der Waals surface area contributed by atoms with E-state index in [2.05, 4.69) is 67.3 Å². The van der Waals surface area contributed by atoms with Crippen LogP contribution in [-0.4, -0.2) is 4.98 Å². The van der Waals surface area contributed by atoms with Crippen molar-refractivity contribution in [2.45, 2.75) is 19.5 Å². The molecule has 1 heterocycles. The molecule has 0 spiro atoms. The van der Waals surface area contributed by atoms with Crippen LogP contribution in [0.1, 0.15) is 24.2 Å². The average molecular weight is 370 g/mol. The van der Waals surface area contributed by atoms with Gasteiger partial charge in [-0.25, -0.2) is 4.98 Å². The van der Waals surface area contributed by atoms with Crippen LogP contribution >= 0.6 is 31.9 Å². The predicted octanol–water partition coefficient (Wildman–Crippen LogP) is 4.46. The third-order valence-corrected chi connectivity index (χ3v) is 3.65. The first-order valence-electron chi connectivity index (χ1n) is 5.75. The van der Waals surface area contributed by atoms with Gasteiger partial charge in [-0.2, -0.15) is 0 Å². The Bertz CT molecular complexity index is 529. The summed E-state index contributed by atoms with van der Waals surface area (Å²) in [6, 6.07) is 14.6. The van der Waals surface area contributed by atoms with Gasteiger partial charge in [0.2, 0.25) is 0 Å². The van der Waals surface area contributed by atoms with Gasteiger partial charge in [-0.1, -0.05) is 34.1 Å². The van der Waals surface area contributed by atoms with Crippen molar-refractivity contribution in [3.05, 3.63) is 62.8 Å². The third kappa shape index (κ3) is 3.90. The fraction of sp³-hybridized carbons (Fsp3) is 0.214. The monoisotopic (exact) mass is 368 g/mol. The maximum absolute atomic E-state index is 4.40. The number of nitrogens with one attached hydrogen (secondary N) is 1. The minimum atomic E-state index is 0.295. The average Bonchev–Trinajstić information content (AvgIpc) is 2.36. The molecule has 1 atom stereocenters. The highest BCUT2D eigenvalue weighted by Crippen LogP contribution is 2.18. The molecule has 0 aliphatic rings. The molecule has 0 amide bonds. The number of benzene rings is 1. The zero-order valence-electron chi connectivity index (χ0n) is 10.0. The smallest absolute Gasteiger partial charge is 0.106 e. The van der Waals surface area contributed by atoms with Crippen LogP contribution in [0.25, 0.3) is 0 Å². The van der Waals surface area contributed by atoms with E-state index in [9.17, 15) is 0 Å². The van der Waals surface area contributed by atoms with Gasteiger partial charge in [-0.3, -0.25) is 0 Å². The molecule has 2 rings (SSSR count). The lowest BCUT2D eigenvalue weighted by atomic mass is 10.1. The number of halogens is 2. The molecule has 0 aliphatic heterocycles. The molecule has 1 aromatic carbocycles. The molecule has 1 aromatic heterocycles. The molecule has 94 valence electrons. The van der Waals surface area contributed by atoms with Crippen LogP contribution in [0.4, 0.5) is 0 Å². The Labute approximate surface area is 124 Å². The maximum atomic E-state index is 4.40. The lowest BCUT2D eigenvalue weighted by molar-refractivity contribution is 0.567. The van der Waals surface area contributed by atoms with Gasteiger partial charge in [-0.15, -0.1) is 0 Å². The molecule has 4 heteroatoms. The van der Waals surface area contributed by atoms with Crippen molar-refractivity contribution in [1.82, 2.24) is 10.3 Å². The van der Waals surface area contributed by atoms with E-state index in [4.69, 9.17) is 0 Å². The van der Waals surface area contributed by atoms with Gasteiger partial charge in [-0.05, 0) is 52.7 Å². The van der Waals surface area contributed by atoms with Crippen LogP contribution in [-0.2, 0) is 6.54 Å². The summed E-state index contributed by atoms with van der Waals surface area (Å²) in [7, 11) is 0. The SMILES string of the molecule is CC(NCc1cccc(Br)n1)c1cccc(Br)c1. The molecule has 0 fully saturated rings. The first kappa shape index (κ1) is 13.7. The topological polar surface area (TPSA) is 24.9 Å². The van der Waals surface area contributed by atoms with Crippen molar-refractivity contribution in [2.24, 2.45) is 0 Å².